The topological polar surface area (TPSA) is 58.2 Å². The Labute approximate surface area is 217 Å². The molecule has 2 saturated carbocycles. The molecule has 0 radical (unpaired) electrons. The number of nitrogens with one attached hydrogen (secondary N) is 2. The smallest absolute Gasteiger partial charge is 0.267 e. The Morgan fingerprint density at radius 3 is 1.22 bits per heavy atom. The Hall–Kier alpha value is -2.62. The fourth-order valence-corrected chi connectivity index (χ4v) is 6.46. The molecule has 2 amide bonds. The van der Waals surface area contributed by atoms with Crippen molar-refractivity contribution in [1.29, 1.82) is 0 Å². The van der Waals surface area contributed by atoms with Crippen molar-refractivity contribution in [3.05, 3.63) is 70.8 Å². The zero-order valence-electron chi connectivity index (χ0n) is 22.2. The van der Waals surface area contributed by atoms with Crippen LogP contribution in [0.4, 0.5) is 0 Å². The van der Waals surface area contributed by atoms with Gasteiger partial charge in [-0.3, -0.25) is 20.4 Å². The number of carbonyl (C=O) groups is 2. The molecule has 0 spiro atoms. The van der Waals surface area contributed by atoms with E-state index in [1.165, 1.54) is 88.2 Å². The average Bonchev–Trinajstić information content (AvgIpc) is 2.93. The number of benzene rings is 2. The van der Waals surface area contributed by atoms with Crippen molar-refractivity contribution in [2.45, 2.75) is 103 Å². The molecule has 2 aromatic carbocycles. The molecule has 0 unspecified atom stereocenters. The molecule has 2 N–H and O–H groups in total. The molecule has 36 heavy (non-hydrogen) atoms. The summed E-state index contributed by atoms with van der Waals surface area (Å²) in [5.74, 6) is 2.40. The minimum atomic E-state index is -0.290. The van der Waals surface area contributed by atoms with Crippen molar-refractivity contribution in [3.8, 4) is 0 Å². The summed E-state index contributed by atoms with van der Waals surface area (Å²) in [7, 11) is 0. The highest BCUT2D eigenvalue weighted by Gasteiger charge is 2.23. The molecule has 4 heteroatoms. The van der Waals surface area contributed by atoms with Crippen LogP contribution in [0.25, 0.3) is 0 Å². The van der Waals surface area contributed by atoms with Crippen molar-refractivity contribution in [1.82, 2.24) is 10.9 Å². The molecule has 0 atom stereocenters. The van der Waals surface area contributed by atoms with Gasteiger partial charge in [-0.2, -0.15) is 0 Å². The van der Waals surface area contributed by atoms with E-state index < -0.39 is 0 Å². The monoisotopic (exact) mass is 488 g/mol. The lowest BCUT2D eigenvalue weighted by molar-refractivity contribution is 0.0846. The summed E-state index contributed by atoms with van der Waals surface area (Å²) in [6.07, 6.45) is 15.5. The summed E-state index contributed by atoms with van der Waals surface area (Å²) in [4.78, 5) is 25.2. The van der Waals surface area contributed by atoms with E-state index in [1.807, 2.05) is 24.3 Å². The van der Waals surface area contributed by atoms with Crippen molar-refractivity contribution in [2.75, 3.05) is 0 Å². The minimum Gasteiger partial charge on any atom is -0.267 e. The second kappa shape index (κ2) is 13.1. The highest BCUT2D eigenvalue weighted by Crippen LogP contribution is 2.38. The van der Waals surface area contributed by atoms with Gasteiger partial charge in [0.25, 0.3) is 11.8 Å². The van der Waals surface area contributed by atoms with Crippen LogP contribution in [0.3, 0.4) is 0 Å². The second-order valence-electron chi connectivity index (χ2n) is 11.2. The molecule has 4 rings (SSSR count). The van der Waals surface area contributed by atoms with Crippen LogP contribution < -0.4 is 10.9 Å². The Morgan fingerprint density at radius 2 is 0.917 bits per heavy atom. The molecule has 0 bridgehead atoms. The molecule has 0 heterocycles. The maximum Gasteiger partial charge on any atom is 0.269 e. The van der Waals surface area contributed by atoms with E-state index in [4.69, 9.17) is 0 Å². The Kier molecular flexibility index (Phi) is 9.60. The molecular weight excluding hydrogens is 444 g/mol. The molecular formula is C32H44N2O2. The van der Waals surface area contributed by atoms with Crippen LogP contribution in [0, 0.1) is 11.8 Å². The van der Waals surface area contributed by atoms with E-state index in [0.29, 0.717) is 23.0 Å². The summed E-state index contributed by atoms with van der Waals surface area (Å²) >= 11 is 0. The van der Waals surface area contributed by atoms with Crippen LogP contribution in [0.2, 0.25) is 0 Å². The average molecular weight is 489 g/mol. The van der Waals surface area contributed by atoms with Gasteiger partial charge in [0.2, 0.25) is 0 Å². The number of hydrazine groups is 1. The number of hydrogen-bond acceptors (Lipinski definition) is 2. The van der Waals surface area contributed by atoms with Crippen LogP contribution in [-0.4, -0.2) is 11.8 Å². The van der Waals surface area contributed by atoms with E-state index in [0.717, 1.165) is 11.8 Å². The molecule has 2 fully saturated rings. The highest BCUT2D eigenvalue weighted by molar-refractivity contribution is 5.99. The largest absolute Gasteiger partial charge is 0.269 e. The third-order valence-electron chi connectivity index (χ3n) is 8.67. The van der Waals surface area contributed by atoms with Crippen molar-refractivity contribution < 1.29 is 9.59 Å². The molecule has 0 aliphatic heterocycles. The number of carbonyl (C=O) groups excluding carboxylic acids is 2. The van der Waals surface area contributed by atoms with Crippen LogP contribution in [-0.2, 0) is 0 Å². The van der Waals surface area contributed by atoms with E-state index in [9.17, 15) is 9.59 Å². The predicted octanol–water partition coefficient (Wildman–Crippen LogP) is 7.91. The molecule has 194 valence electrons. The number of rotatable bonds is 8. The van der Waals surface area contributed by atoms with Crippen molar-refractivity contribution in [3.63, 3.8) is 0 Å². The van der Waals surface area contributed by atoms with E-state index in [1.54, 1.807) is 0 Å². The van der Waals surface area contributed by atoms with Crippen LogP contribution in [0.5, 0.6) is 0 Å². The summed E-state index contributed by atoms with van der Waals surface area (Å²) in [6.45, 7) is 4.54. The van der Waals surface area contributed by atoms with Gasteiger partial charge in [-0.1, -0.05) is 63.8 Å². The summed E-state index contributed by atoms with van der Waals surface area (Å²) in [5.41, 5.74) is 8.92. The molecule has 2 aliphatic carbocycles. The lowest BCUT2D eigenvalue weighted by Gasteiger charge is -2.28. The fraction of sp³-hybridized carbons (Fsp3) is 0.562. The third kappa shape index (κ3) is 6.99. The highest BCUT2D eigenvalue weighted by atomic mass is 16.2. The van der Waals surface area contributed by atoms with Crippen LogP contribution in [0.1, 0.15) is 135 Å². The fourth-order valence-electron chi connectivity index (χ4n) is 6.46. The van der Waals surface area contributed by atoms with Crippen LogP contribution >= 0.6 is 0 Å². The lowest BCUT2D eigenvalue weighted by atomic mass is 9.77. The van der Waals surface area contributed by atoms with Gasteiger partial charge < -0.3 is 0 Å². The Bertz CT molecular complexity index is 885. The number of hydrogen-bond donors (Lipinski definition) is 2. The molecule has 2 aliphatic rings. The summed E-state index contributed by atoms with van der Waals surface area (Å²) in [5, 5.41) is 0. The molecule has 2 aromatic rings. The molecule has 4 nitrogen and oxygen atoms in total. The first-order chi connectivity index (χ1) is 17.6. The maximum absolute atomic E-state index is 12.6. The normalized spacial score (nSPS) is 24.2. The predicted molar refractivity (Wildman–Crippen MR) is 147 cm³/mol. The third-order valence-corrected chi connectivity index (χ3v) is 8.67. The maximum atomic E-state index is 12.6. The Morgan fingerprint density at radius 1 is 0.583 bits per heavy atom. The molecule has 0 aromatic heterocycles. The van der Waals surface area contributed by atoms with E-state index in [-0.39, 0.29) is 11.8 Å². The van der Waals surface area contributed by atoms with Gasteiger partial charge in [0.15, 0.2) is 0 Å². The standard InChI is InChI=1S/C32H44N2O2/c1-3-5-23-7-11-25(12-8-23)27-15-19-29(20-16-27)31(35)33-34-32(36)30-21-17-28(18-22-30)26-13-9-24(6-4-2)10-14-26/h15-26H,3-14H2,1-2H3,(H,33,35)(H,34,36). The van der Waals surface area contributed by atoms with Gasteiger partial charge in [-0.15, -0.1) is 0 Å². The summed E-state index contributed by atoms with van der Waals surface area (Å²) in [6, 6.07) is 15.8. The van der Waals surface area contributed by atoms with Gasteiger partial charge in [-0.05, 0) is 110 Å². The first-order valence-corrected chi connectivity index (χ1v) is 14.4. The SMILES string of the molecule is CCCC1CCC(c2ccc(C(=O)NNC(=O)c3ccc(C4CCC(CCC)CC4)cc3)cc2)CC1. The minimum absolute atomic E-state index is 0.290. The first-order valence-electron chi connectivity index (χ1n) is 14.4. The zero-order valence-corrected chi connectivity index (χ0v) is 22.2. The first kappa shape index (κ1) is 26.4. The zero-order chi connectivity index (χ0) is 25.3. The van der Waals surface area contributed by atoms with Crippen LogP contribution in [0.15, 0.2) is 48.5 Å². The van der Waals surface area contributed by atoms with Gasteiger partial charge in [-0.25, -0.2) is 0 Å². The number of amides is 2. The molecule has 0 saturated heterocycles. The summed E-state index contributed by atoms with van der Waals surface area (Å²) < 4.78 is 0. The lowest BCUT2D eigenvalue weighted by Crippen LogP contribution is -2.41. The van der Waals surface area contributed by atoms with Gasteiger partial charge in [0.05, 0.1) is 0 Å². The van der Waals surface area contributed by atoms with Crippen molar-refractivity contribution in [2.24, 2.45) is 11.8 Å². The van der Waals surface area contributed by atoms with Crippen molar-refractivity contribution >= 4 is 11.8 Å². The van der Waals surface area contributed by atoms with E-state index >= 15 is 0 Å². The van der Waals surface area contributed by atoms with Gasteiger partial charge >= 0.3 is 0 Å². The Balaban J connectivity index is 1.23. The second-order valence-corrected chi connectivity index (χ2v) is 11.2. The van der Waals surface area contributed by atoms with E-state index in [2.05, 4.69) is 49.0 Å². The quantitative estimate of drug-likeness (QED) is 0.371. The van der Waals surface area contributed by atoms with Gasteiger partial charge in [0, 0.05) is 11.1 Å². The van der Waals surface area contributed by atoms with Gasteiger partial charge in [0.1, 0.15) is 0 Å².